The van der Waals surface area contributed by atoms with Crippen LogP contribution >= 0.6 is 11.8 Å². The SMILES string of the molecule is Cc1ccc(C)c(SCC(F)(F)F)c1. The van der Waals surface area contributed by atoms with Crippen molar-refractivity contribution >= 4 is 11.8 Å². The highest BCUT2D eigenvalue weighted by molar-refractivity contribution is 7.99. The molecule has 0 aromatic heterocycles. The lowest BCUT2D eigenvalue weighted by atomic mass is 10.2. The summed E-state index contributed by atoms with van der Waals surface area (Å²) in [6.45, 7) is 3.69. The number of halogens is 3. The van der Waals surface area contributed by atoms with Crippen molar-refractivity contribution in [3.8, 4) is 0 Å². The van der Waals surface area contributed by atoms with Gasteiger partial charge in [-0.15, -0.1) is 11.8 Å². The maximum atomic E-state index is 12.0. The molecule has 1 aromatic carbocycles. The fourth-order valence-corrected chi connectivity index (χ4v) is 1.91. The van der Waals surface area contributed by atoms with Crippen LogP contribution in [0, 0.1) is 13.8 Å². The summed E-state index contributed by atoms with van der Waals surface area (Å²) in [5, 5.41) is 0. The molecular formula is C10H11F3S. The minimum Gasteiger partial charge on any atom is -0.170 e. The second-order valence-corrected chi connectivity index (χ2v) is 4.19. The topological polar surface area (TPSA) is 0 Å². The Labute approximate surface area is 85.5 Å². The summed E-state index contributed by atoms with van der Waals surface area (Å²) < 4.78 is 35.9. The molecule has 0 atom stereocenters. The lowest BCUT2D eigenvalue weighted by molar-refractivity contribution is -0.105. The van der Waals surface area contributed by atoms with Crippen LogP contribution in [0.3, 0.4) is 0 Å². The highest BCUT2D eigenvalue weighted by Gasteiger charge is 2.27. The van der Waals surface area contributed by atoms with Gasteiger partial charge in [-0.05, 0) is 25.5 Å². The molecule has 0 N–H and O–H groups in total. The van der Waals surface area contributed by atoms with E-state index >= 15 is 0 Å². The van der Waals surface area contributed by atoms with Crippen LogP contribution in [-0.2, 0) is 0 Å². The number of benzene rings is 1. The molecule has 0 radical (unpaired) electrons. The average molecular weight is 220 g/mol. The van der Waals surface area contributed by atoms with Gasteiger partial charge in [-0.2, -0.15) is 13.2 Å². The molecule has 0 aliphatic rings. The van der Waals surface area contributed by atoms with Crippen molar-refractivity contribution in [2.45, 2.75) is 24.9 Å². The third-order valence-corrected chi connectivity index (χ3v) is 2.96. The molecule has 4 heteroatoms. The Morgan fingerprint density at radius 2 is 1.86 bits per heavy atom. The molecule has 0 saturated carbocycles. The minimum atomic E-state index is -4.10. The molecule has 1 rings (SSSR count). The summed E-state index contributed by atoms with van der Waals surface area (Å²) >= 11 is 0.843. The molecule has 0 fully saturated rings. The molecular weight excluding hydrogens is 209 g/mol. The van der Waals surface area contributed by atoms with Gasteiger partial charge in [0.25, 0.3) is 0 Å². The van der Waals surface area contributed by atoms with Crippen LogP contribution in [-0.4, -0.2) is 11.9 Å². The number of aryl methyl sites for hydroxylation is 2. The second-order valence-electron chi connectivity index (χ2n) is 3.17. The van der Waals surface area contributed by atoms with Crippen LogP contribution in [0.2, 0.25) is 0 Å². The lowest BCUT2D eigenvalue weighted by Crippen LogP contribution is -2.10. The predicted molar refractivity (Wildman–Crippen MR) is 52.7 cm³/mol. The van der Waals surface area contributed by atoms with Crippen molar-refractivity contribution < 1.29 is 13.2 Å². The molecule has 0 amide bonds. The number of alkyl halides is 3. The third kappa shape index (κ3) is 3.62. The van der Waals surface area contributed by atoms with Crippen molar-refractivity contribution in [2.75, 3.05) is 5.75 Å². The summed E-state index contributed by atoms with van der Waals surface area (Å²) in [5.74, 6) is -0.822. The zero-order chi connectivity index (χ0) is 10.8. The van der Waals surface area contributed by atoms with Crippen molar-refractivity contribution in [3.63, 3.8) is 0 Å². The van der Waals surface area contributed by atoms with E-state index in [0.29, 0.717) is 4.90 Å². The van der Waals surface area contributed by atoms with E-state index < -0.39 is 11.9 Å². The number of hydrogen-bond donors (Lipinski definition) is 0. The Balaban J connectivity index is 2.72. The van der Waals surface area contributed by atoms with Gasteiger partial charge in [-0.25, -0.2) is 0 Å². The fraction of sp³-hybridized carbons (Fsp3) is 0.400. The van der Waals surface area contributed by atoms with E-state index in [2.05, 4.69) is 0 Å². The maximum absolute atomic E-state index is 12.0. The zero-order valence-corrected chi connectivity index (χ0v) is 8.80. The van der Waals surface area contributed by atoms with Crippen molar-refractivity contribution in [1.29, 1.82) is 0 Å². The molecule has 0 nitrogen and oxygen atoms in total. The van der Waals surface area contributed by atoms with Crippen molar-refractivity contribution in [2.24, 2.45) is 0 Å². The Hall–Kier alpha value is -0.640. The molecule has 0 unspecified atom stereocenters. The van der Waals surface area contributed by atoms with Crippen LogP contribution in [0.5, 0.6) is 0 Å². The number of rotatable bonds is 2. The first-order valence-corrected chi connectivity index (χ1v) is 5.14. The van der Waals surface area contributed by atoms with E-state index in [1.807, 2.05) is 26.0 Å². The molecule has 14 heavy (non-hydrogen) atoms. The highest BCUT2D eigenvalue weighted by Crippen LogP contribution is 2.29. The fourth-order valence-electron chi connectivity index (χ4n) is 1.02. The van der Waals surface area contributed by atoms with Crippen molar-refractivity contribution in [3.05, 3.63) is 29.3 Å². The molecule has 0 aliphatic carbocycles. The molecule has 0 aliphatic heterocycles. The normalized spacial score (nSPS) is 11.8. The zero-order valence-electron chi connectivity index (χ0n) is 7.98. The first kappa shape index (κ1) is 11.4. The minimum absolute atomic E-state index is 0.710. The first-order chi connectivity index (χ1) is 6.38. The van der Waals surface area contributed by atoms with Crippen LogP contribution in [0.25, 0.3) is 0 Å². The van der Waals surface area contributed by atoms with Gasteiger partial charge in [0, 0.05) is 4.90 Å². The largest absolute Gasteiger partial charge is 0.398 e. The van der Waals surface area contributed by atoms with Crippen LogP contribution in [0.15, 0.2) is 23.1 Å². The summed E-state index contributed by atoms with van der Waals surface area (Å²) in [5.41, 5.74) is 1.88. The maximum Gasteiger partial charge on any atom is 0.398 e. The van der Waals surface area contributed by atoms with Gasteiger partial charge in [-0.3, -0.25) is 0 Å². The summed E-state index contributed by atoms with van der Waals surface area (Å²) in [4.78, 5) is 0.710. The number of thioether (sulfide) groups is 1. The van der Waals surface area contributed by atoms with Gasteiger partial charge in [0.1, 0.15) is 0 Å². The van der Waals surface area contributed by atoms with Crippen molar-refractivity contribution in [1.82, 2.24) is 0 Å². The Morgan fingerprint density at radius 3 is 2.43 bits per heavy atom. The Kier molecular flexibility index (Phi) is 3.48. The first-order valence-electron chi connectivity index (χ1n) is 4.15. The average Bonchev–Trinajstić information content (AvgIpc) is 2.05. The summed E-state index contributed by atoms with van der Waals surface area (Å²) in [6, 6.07) is 5.52. The second kappa shape index (κ2) is 4.26. The molecule has 0 bridgehead atoms. The smallest absolute Gasteiger partial charge is 0.170 e. The quantitative estimate of drug-likeness (QED) is 0.680. The number of hydrogen-bond acceptors (Lipinski definition) is 1. The Bertz CT molecular complexity index is 318. The van der Waals surface area contributed by atoms with Crippen LogP contribution in [0.1, 0.15) is 11.1 Å². The van der Waals surface area contributed by atoms with Crippen LogP contribution < -0.4 is 0 Å². The summed E-state index contributed by atoms with van der Waals surface area (Å²) in [6.07, 6.45) is -4.10. The van der Waals surface area contributed by atoms with Crippen LogP contribution in [0.4, 0.5) is 13.2 Å². The van der Waals surface area contributed by atoms with E-state index in [4.69, 9.17) is 0 Å². The van der Waals surface area contributed by atoms with E-state index in [1.165, 1.54) is 0 Å². The van der Waals surface area contributed by atoms with E-state index in [0.717, 1.165) is 22.9 Å². The molecule has 0 saturated heterocycles. The standard InChI is InChI=1S/C10H11F3S/c1-7-3-4-8(2)9(5-7)14-6-10(11,12)13/h3-5H,6H2,1-2H3. The van der Waals surface area contributed by atoms with E-state index in [-0.39, 0.29) is 0 Å². The Morgan fingerprint density at radius 1 is 1.21 bits per heavy atom. The molecule has 78 valence electrons. The highest BCUT2D eigenvalue weighted by atomic mass is 32.2. The van der Waals surface area contributed by atoms with Gasteiger partial charge in [0.05, 0.1) is 5.75 Å². The monoisotopic (exact) mass is 220 g/mol. The predicted octanol–water partition coefficient (Wildman–Crippen LogP) is 3.96. The van der Waals surface area contributed by atoms with Gasteiger partial charge in [-0.1, -0.05) is 17.7 Å². The van der Waals surface area contributed by atoms with E-state index in [9.17, 15) is 13.2 Å². The third-order valence-electron chi connectivity index (χ3n) is 1.73. The molecule has 0 spiro atoms. The van der Waals surface area contributed by atoms with E-state index in [1.54, 1.807) is 6.07 Å². The lowest BCUT2D eigenvalue weighted by Gasteiger charge is -2.08. The molecule has 0 heterocycles. The van der Waals surface area contributed by atoms with Gasteiger partial charge in [0.15, 0.2) is 0 Å². The van der Waals surface area contributed by atoms with Gasteiger partial charge >= 0.3 is 6.18 Å². The van der Waals surface area contributed by atoms with Gasteiger partial charge < -0.3 is 0 Å². The van der Waals surface area contributed by atoms with Gasteiger partial charge in [0.2, 0.25) is 0 Å². The molecule has 1 aromatic rings. The summed E-state index contributed by atoms with van der Waals surface area (Å²) in [7, 11) is 0.